The lowest BCUT2D eigenvalue weighted by Crippen LogP contribution is -2.10. The number of carbonyl (C=O) groups is 1. The first-order chi connectivity index (χ1) is 16.7. The zero-order valence-corrected chi connectivity index (χ0v) is 19.9. The van der Waals surface area contributed by atoms with Crippen molar-refractivity contribution in [3.63, 3.8) is 0 Å². The maximum Gasteiger partial charge on any atom is 0.341 e. The number of ether oxygens (including phenoxy) is 3. The smallest absolute Gasteiger partial charge is 0.341 e. The highest BCUT2D eigenvalue weighted by Crippen LogP contribution is 2.35. The average molecular weight is 502 g/mol. The van der Waals surface area contributed by atoms with E-state index < -0.39 is 18.4 Å². The van der Waals surface area contributed by atoms with Crippen LogP contribution < -0.4 is 14.2 Å². The fraction of sp³-hybridized carbons (Fsp3) is 0.250. The average Bonchev–Trinajstić information content (AvgIpc) is 3.23. The monoisotopic (exact) mass is 501 g/mol. The number of rotatable bonds is 9. The van der Waals surface area contributed by atoms with E-state index in [2.05, 4.69) is 15.0 Å². The molecule has 11 heteroatoms. The van der Waals surface area contributed by atoms with Crippen LogP contribution in [0, 0.1) is 19.7 Å². The van der Waals surface area contributed by atoms with Crippen LogP contribution in [0.15, 0.2) is 34.7 Å². The minimum absolute atomic E-state index is 0.0374. The molecule has 0 saturated carbocycles. The number of hydrogen-bond donors (Lipinski definition) is 1. The number of fused-ring (bicyclic) bond motifs is 1. The Labute approximate surface area is 204 Å². The van der Waals surface area contributed by atoms with Crippen LogP contribution in [-0.2, 0) is 4.79 Å². The highest BCUT2D eigenvalue weighted by Gasteiger charge is 2.20. The summed E-state index contributed by atoms with van der Waals surface area (Å²) in [5.74, 6) is -0.701. The number of nitrogens with zero attached hydrogens (tertiary/aromatic N) is 3. The Balaban J connectivity index is 1.74. The molecule has 35 heavy (non-hydrogen) atoms. The van der Waals surface area contributed by atoms with E-state index in [4.69, 9.17) is 35.3 Å². The molecule has 0 spiro atoms. The number of benzene rings is 2. The third-order valence-corrected chi connectivity index (χ3v) is 5.10. The van der Waals surface area contributed by atoms with Gasteiger partial charge in [-0.1, -0.05) is 18.5 Å². The van der Waals surface area contributed by atoms with E-state index in [1.54, 1.807) is 26.0 Å². The molecule has 1 N–H and O–H groups in total. The maximum absolute atomic E-state index is 13.7. The van der Waals surface area contributed by atoms with Crippen LogP contribution in [0.4, 0.5) is 4.39 Å². The summed E-state index contributed by atoms with van der Waals surface area (Å²) >= 11 is 6.10. The first-order valence-corrected chi connectivity index (χ1v) is 11.0. The highest BCUT2D eigenvalue weighted by atomic mass is 35.5. The predicted octanol–water partition coefficient (Wildman–Crippen LogP) is 5.74. The number of halogens is 2. The minimum atomic E-state index is -1.07. The normalized spacial score (nSPS) is 11.0. The molecule has 9 nitrogen and oxygen atoms in total. The molecule has 0 fully saturated rings. The molecular weight excluding hydrogens is 481 g/mol. The Morgan fingerprint density at radius 1 is 1.11 bits per heavy atom. The third kappa shape index (κ3) is 5.43. The van der Waals surface area contributed by atoms with E-state index in [1.165, 1.54) is 12.1 Å². The lowest BCUT2D eigenvalue weighted by molar-refractivity contribution is -0.139. The number of carboxylic acid groups (broad SMARTS) is 1. The van der Waals surface area contributed by atoms with Crippen LogP contribution in [0.3, 0.4) is 0 Å². The van der Waals surface area contributed by atoms with Crippen molar-refractivity contribution < 1.29 is 32.9 Å². The van der Waals surface area contributed by atoms with E-state index in [9.17, 15) is 9.18 Å². The molecular formula is C24H21ClFN3O6. The SMILES string of the molecule is CCCOc1nc(Oc2cc(F)ccc2Cl)nc2oc(-c3cc(C)c(OCC(=O)O)c(C)c3)nc12. The number of oxazole rings is 1. The van der Waals surface area contributed by atoms with Crippen molar-refractivity contribution in [3.05, 3.63) is 52.3 Å². The van der Waals surface area contributed by atoms with E-state index in [0.29, 0.717) is 29.0 Å². The Kier molecular flexibility index (Phi) is 7.02. The van der Waals surface area contributed by atoms with Crippen molar-refractivity contribution in [2.24, 2.45) is 0 Å². The van der Waals surface area contributed by atoms with Gasteiger partial charge in [-0.25, -0.2) is 14.2 Å². The lowest BCUT2D eigenvalue weighted by Gasteiger charge is -2.11. The lowest BCUT2D eigenvalue weighted by atomic mass is 10.1. The molecule has 4 aromatic rings. The van der Waals surface area contributed by atoms with E-state index in [-0.39, 0.29) is 39.8 Å². The fourth-order valence-electron chi connectivity index (χ4n) is 3.34. The molecule has 0 aliphatic heterocycles. The molecule has 2 heterocycles. The van der Waals surface area contributed by atoms with Crippen molar-refractivity contribution in [3.8, 4) is 34.8 Å². The summed E-state index contributed by atoms with van der Waals surface area (Å²) in [6.45, 7) is 5.44. The number of aliphatic carboxylic acids is 1. The van der Waals surface area contributed by atoms with Crippen molar-refractivity contribution >= 4 is 28.8 Å². The molecule has 2 aromatic heterocycles. The van der Waals surface area contributed by atoms with Crippen LogP contribution in [-0.4, -0.2) is 39.2 Å². The highest BCUT2D eigenvalue weighted by molar-refractivity contribution is 6.32. The summed E-state index contributed by atoms with van der Waals surface area (Å²) in [7, 11) is 0. The number of hydrogen-bond acceptors (Lipinski definition) is 8. The Hall–Kier alpha value is -3.92. The van der Waals surface area contributed by atoms with E-state index in [0.717, 1.165) is 12.5 Å². The predicted molar refractivity (Wildman–Crippen MR) is 125 cm³/mol. The number of carboxylic acids is 1. The molecule has 0 aliphatic rings. The second kappa shape index (κ2) is 10.1. The van der Waals surface area contributed by atoms with Crippen LogP contribution in [0.1, 0.15) is 24.5 Å². The molecule has 4 rings (SSSR count). The summed E-state index contributed by atoms with van der Waals surface area (Å²) < 4.78 is 36.3. The summed E-state index contributed by atoms with van der Waals surface area (Å²) in [5, 5.41) is 9.07. The Morgan fingerprint density at radius 2 is 1.86 bits per heavy atom. The van der Waals surface area contributed by atoms with E-state index >= 15 is 0 Å². The second-order valence-electron chi connectivity index (χ2n) is 7.63. The Morgan fingerprint density at radius 3 is 2.54 bits per heavy atom. The van der Waals surface area contributed by atoms with Crippen molar-refractivity contribution in [1.82, 2.24) is 15.0 Å². The summed E-state index contributed by atoms with van der Waals surface area (Å²) in [6, 6.07) is 7.06. The second-order valence-corrected chi connectivity index (χ2v) is 8.04. The third-order valence-electron chi connectivity index (χ3n) is 4.79. The van der Waals surface area contributed by atoms with Gasteiger partial charge in [-0.3, -0.25) is 0 Å². The van der Waals surface area contributed by atoms with Gasteiger partial charge in [0.05, 0.1) is 11.6 Å². The van der Waals surface area contributed by atoms with Gasteiger partial charge in [0.1, 0.15) is 11.6 Å². The van der Waals surface area contributed by atoms with Gasteiger partial charge in [0.15, 0.2) is 17.9 Å². The maximum atomic E-state index is 13.7. The molecule has 0 radical (unpaired) electrons. The van der Waals surface area contributed by atoms with Gasteiger partial charge < -0.3 is 23.7 Å². The number of aryl methyl sites for hydroxylation is 2. The van der Waals surface area contributed by atoms with Gasteiger partial charge in [-0.05, 0) is 55.7 Å². The molecule has 0 unspecified atom stereocenters. The van der Waals surface area contributed by atoms with Gasteiger partial charge in [0.25, 0.3) is 11.6 Å². The van der Waals surface area contributed by atoms with Crippen molar-refractivity contribution in [2.75, 3.05) is 13.2 Å². The quantitative estimate of drug-likeness (QED) is 0.306. The van der Waals surface area contributed by atoms with E-state index in [1.807, 2.05) is 6.92 Å². The minimum Gasteiger partial charge on any atom is -0.481 e. The summed E-state index contributed by atoms with van der Waals surface area (Å²) in [4.78, 5) is 23.9. The summed E-state index contributed by atoms with van der Waals surface area (Å²) in [5.41, 5.74) is 2.43. The van der Waals surface area contributed by atoms with Crippen LogP contribution in [0.2, 0.25) is 5.02 Å². The molecule has 0 atom stereocenters. The van der Waals surface area contributed by atoms with Gasteiger partial charge in [-0.2, -0.15) is 9.97 Å². The first kappa shape index (κ1) is 24.2. The first-order valence-electron chi connectivity index (χ1n) is 10.7. The van der Waals surface area contributed by atoms with Crippen LogP contribution in [0.5, 0.6) is 23.4 Å². The molecule has 0 aliphatic carbocycles. The van der Waals surface area contributed by atoms with Crippen molar-refractivity contribution in [2.45, 2.75) is 27.2 Å². The van der Waals surface area contributed by atoms with Gasteiger partial charge in [0.2, 0.25) is 5.89 Å². The molecule has 182 valence electrons. The van der Waals surface area contributed by atoms with Gasteiger partial charge in [-0.15, -0.1) is 0 Å². The zero-order valence-electron chi connectivity index (χ0n) is 19.1. The molecule has 0 saturated heterocycles. The van der Waals surface area contributed by atoms with Gasteiger partial charge in [0, 0.05) is 11.6 Å². The largest absolute Gasteiger partial charge is 0.481 e. The molecule has 0 amide bonds. The number of aromatic nitrogens is 3. The summed E-state index contributed by atoms with van der Waals surface area (Å²) in [6.07, 6.45) is 0.721. The fourth-order valence-corrected chi connectivity index (χ4v) is 3.49. The van der Waals surface area contributed by atoms with Crippen LogP contribution in [0.25, 0.3) is 22.7 Å². The Bertz CT molecular complexity index is 1380. The van der Waals surface area contributed by atoms with Gasteiger partial charge >= 0.3 is 12.0 Å². The molecule has 0 bridgehead atoms. The van der Waals surface area contributed by atoms with Crippen molar-refractivity contribution in [1.29, 1.82) is 0 Å². The standard InChI is InChI=1S/C24H21ClFN3O6/c1-4-7-32-22-19-23(29-24(28-22)34-17-10-15(26)5-6-16(17)25)35-21(27-19)14-8-12(2)20(13(3)9-14)33-11-18(30)31/h5-6,8-10H,4,7,11H2,1-3H3,(H,30,31). The van der Waals surface area contributed by atoms with Crippen LogP contribution >= 0.6 is 11.6 Å². The molecule has 2 aromatic carbocycles. The zero-order chi connectivity index (χ0) is 25.1. The topological polar surface area (TPSA) is 117 Å².